The molecular formula is C7H3ClFNO5S. The van der Waals surface area contributed by atoms with Crippen LogP contribution in [0, 0.1) is 15.9 Å². The van der Waals surface area contributed by atoms with Crippen LogP contribution < -0.4 is 0 Å². The van der Waals surface area contributed by atoms with Crippen LogP contribution in [0.1, 0.15) is 10.4 Å². The second-order valence-electron chi connectivity index (χ2n) is 2.66. The van der Waals surface area contributed by atoms with E-state index in [1.54, 1.807) is 0 Å². The van der Waals surface area contributed by atoms with E-state index in [4.69, 9.17) is 10.7 Å². The first kappa shape index (κ1) is 12.5. The first-order valence-electron chi connectivity index (χ1n) is 3.65. The van der Waals surface area contributed by atoms with Gasteiger partial charge in [-0.1, -0.05) is 0 Å². The van der Waals surface area contributed by atoms with Gasteiger partial charge in [-0.3, -0.25) is 14.9 Å². The van der Waals surface area contributed by atoms with Gasteiger partial charge in [0.25, 0.3) is 9.05 Å². The van der Waals surface area contributed by atoms with Crippen LogP contribution in [0.4, 0.5) is 10.1 Å². The van der Waals surface area contributed by atoms with E-state index in [-0.39, 0.29) is 11.8 Å². The van der Waals surface area contributed by atoms with Crippen LogP contribution in [-0.2, 0) is 9.05 Å². The van der Waals surface area contributed by atoms with Crippen molar-refractivity contribution in [2.45, 2.75) is 4.90 Å². The molecule has 0 bridgehead atoms. The van der Waals surface area contributed by atoms with Gasteiger partial charge in [-0.25, -0.2) is 8.42 Å². The highest BCUT2D eigenvalue weighted by atomic mass is 35.7. The van der Waals surface area contributed by atoms with Gasteiger partial charge in [0, 0.05) is 22.3 Å². The molecule has 0 radical (unpaired) electrons. The largest absolute Gasteiger partial charge is 0.306 e. The van der Waals surface area contributed by atoms with E-state index in [9.17, 15) is 27.7 Å². The highest BCUT2D eigenvalue weighted by Crippen LogP contribution is 2.27. The smallest absolute Gasteiger partial charge is 0.298 e. The molecule has 16 heavy (non-hydrogen) atoms. The molecule has 0 aliphatic rings. The van der Waals surface area contributed by atoms with Crippen molar-refractivity contribution in [2.75, 3.05) is 0 Å². The monoisotopic (exact) mass is 267 g/mol. The Hall–Kier alpha value is -1.54. The lowest BCUT2D eigenvalue weighted by Crippen LogP contribution is -2.02. The number of halogens is 2. The zero-order chi connectivity index (χ0) is 12.5. The maximum Gasteiger partial charge on any atom is 0.306 e. The van der Waals surface area contributed by atoms with Crippen LogP contribution in [0.5, 0.6) is 0 Å². The molecule has 0 aliphatic carbocycles. The summed E-state index contributed by atoms with van der Waals surface area (Å²) in [4.78, 5) is 18.5. The molecule has 0 amide bonds. The van der Waals surface area contributed by atoms with Crippen molar-refractivity contribution in [3.05, 3.63) is 33.6 Å². The van der Waals surface area contributed by atoms with Gasteiger partial charge in [0.15, 0.2) is 0 Å². The molecule has 1 aromatic rings. The maximum absolute atomic E-state index is 13.3. The van der Waals surface area contributed by atoms with Crippen molar-refractivity contribution in [3.8, 4) is 0 Å². The fraction of sp³-hybridized carbons (Fsp3) is 0. The molecule has 1 rings (SSSR count). The highest BCUT2D eigenvalue weighted by Gasteiger charge is 2.26. The van der Waals surface area contributed by atoms with Gasteiger partial charge in [0.05, 0.1) is 4.92 Å². The second kappa shape index (κ2) is 4.14. The van der Waals surface area contributed by atoms with Gasteiger partial charge in [-0.05, 0) is 6.07 Å². The third kappa shape index (κ3) is 2.34. The van der Waals surface area contributed by atoms with Gasteiger partial charge in [-0.2, -0.15) is 4.39 Å². The Morgan fingerprint density at radius 3 is 2.38 bits per heavy atom. The van der Waals surface area contributed by atoms with Crippen molar-refractivity contribution in [1.29, 1.82) is 0 Å². The van der Waals surface area contributed by atoms with Gasteiger partial charge >= 0.3 is 5.69 Å². The van der Waals surface area contributed by atoms with E-state index in [0.29, 0.717) is 12.1 Å². The number of nitrogens with zero attached hydrogens (tertiary/aromatic N) is 1. The molecule has 86 valence electrons. The Morgan fingerprint density at radius 1 is 1.44 bits per heavy atom. The Labute approximate surface area is 93.2 Å². The summed E-state index contributed by atoms with van der Waals surface area (Å²) in [5, 5.41) is 10.4. The molecule has 0 saturated heterocycles. The lowest BCUT2D eigenvalue weighted by atomic mass is 10.2. The van der Waals surface area contributed by atoms with Gasteiger partial charge < -0.3 is 0 Å². The number of nitro benzene ring substituents is 1. The van der Waals surface area contributed by atoms with Crippen LogP contribution in [0.15, 0.2) is 17.0 Å². The normalized spacial score (nSPS) is 11.1. The Morgan fingerprint density at radius 2 is 2.00 bits per heavy atom. The van der Waals surface area contributed by atoms with E-state index in [1.165, 1.54) is 0 Å². The Bertz CT molecular complexity index is 570. The number of rotatable bonds is 3. The summed E-state index contributed by atoms with van der Waals surface area (Å²) in [6.45, 7) is 0. The number of carbonyl (C=O) groups is 1. The summed E-state index contributed by atoms with van der Waals surface area (Å²) in [5.41, 5.74) is -1.48. The lowest BCUT2D eigenvalue weighted by molar-refractivity contribution is -0.387. The number of hydrogen-bond donors (Lipinski definition) is 0. The standard InChI is InChI=1S/C7H3ClFNO5S/c8-16(14,15)6-2-4(3-11)1-5(7(6)9)10(12)13/h1-3H. The van der Waals surface area contributed by atoms with Crippen molar-refractivity contribution >= 4 is 31.7 Å². The molecule has 1 aromatic carbocycles. The van der Waals surface area contributed by atoms with Gasteiger partial charge in [-0.15, -0.1) is 0 Å². The van der Waals surface area contributed by atoms with E-state index >= 15 is 0 Å². The lowest BCUT2D eigenvalue weighted by Gasteiger charge is -2.01. The molecule has 0 atom stereocenters. The van der Waals surface area contributed by atoms with E-state index in [1.807, 2.05) is 0 Å². The average Bonchev–Trinajstić information content (AvgIpc) is 2.15. The number of aldehydes is 1. The van der Waals surface area contributed by atoms with Crippen molar-refractivity contribution in [1.82, 2.24) is 0 Å². The molecule has 0 fully saturated rings. The van der Waals surface area contributed by atoms with Crippen LogP contribution in [-0.4, -0.2) is 19.6 Å². The first-order chi connectivity index (χ1) is 7.27. The van der Waals surface area contributed by atoms with Crippen LogP contribution in [0.25, 0.3) is 0 Å². The maximum atomic E-state index is 13.3. The van der Waals surface area contributed by atoms with E-state index in [0.717, 1.165) is 0 Å². The minimum absolute atomic E-state index is 0.151. The van der Waals surface area contributed by atoms with Crippen molar-refractivity contribution < 1.29 is 22.5 Å². The summed E-state index contributed by atoms with van der Waals surface area (Å²) in [7, 11) is 0.375. The van der Waals surface area contributed by atoms with Crippen LogP contribution in [0.2, 0.25) is 0 Å². The quantitative estimate of drug-likeness (QED) is 0.358. The Kier molecular flexibility index (Phi) is 3.24. The molecule has 0 aromatic heterocycles. The number of hydrogen-bond acceptors (Lipinski definition) is 5. The molecule has 0 N–H and O–H groups in total. The average molecular weight is 268 g/mol. The van der Waals surface area contributed by atoms with Crippen LogP contribution in [0.3, 0.4) is 0 Å². The van der Waals surface area contributed by atoms with Gasteiger partial charge in [0.2, 0.25) is 5.82 Å². The van der Waals surface area contributed by atoms with E-state index in [2.05, 4.69) is 0 Å². The second-order valence-corrected chi connectivity index (χ2v) is 5.20. The van der Waals surface area contributed by atoms with Crippen molar-refractivity contribution in [3.63, 3.8) is 0 Å². The van der Waals surface area contributed by atoms with Gasteiger partial charge in [0.1, 0.15) is 11.2 Å². The summed E-state index contributed by atoms with van der Waals surface area (Å²) >= 11 is 0. The molecule has 6 nitrogen and oxygen atoms in total. The number of nitro groups is 1. The fourth-order valence-corrected chi connectivity index (χ4v) is 1.91. The molecule has 9 heteroatoms. The molecule has 0 spiro atoms. The summed E-state index contributed by atoms with van der Waals surface area (Å²) < 4.78 is 35.1. The minimum atomic E-state index is -4.49. The fourth-order valence-electron chi connectivity index (χ4n) is 0.982. The third-order valence-electron chi connectivity index (χ3n) is 1.64. The first-order valence-corrected chi connectivity index (χ1v) is 5.96. The summed E-state index contributed by atoms with van der Waals surface area (Å²) in [6.07, 6.45) is 0.151. The predicted octanol–water partition coefficient (Wildman–Crippen LogP) is 1.47. The third-order valence-corrected chi connectivity index (χ3v) is 2.96. The predicted molar refractivity (Wildman–Crippen MR) is 51.5 cm³/mol. The summed E-state index contributed by atoms with van der Waals surface area (Å²) in [5.74, 6) is -1.59. The minimum Gasteiger partial charge on any atom is -0.298 e. The molecule has 0 aliphatic heterocycles. The zero-order valence-corrected chi connectivity index (χ0v) is 8.96. The van der Waals surface area contributed by atoms with Crippen molar-refractivity contribution in [2.24, 2.45) is 0 Å². The number of benzene rings is 1. The number of carbonyl (C=O) groups excluding carboxylic acids is 1. The van der Waals surface area contributed by atoms with Crippen LogP contribution >= 0.6 is 10.7 Å². The summed E-state index contributed by atoms with van der Waals surface area (Å²) in [6, 6.07) is 1.24. The molecule has 0 heterocycles. The van der Waals surface area contributed by atoms with E-state index < -0.39 is 30.4 Å². The Balaban J connectivity index is 3.69. The topological polar surface area (TPSA) is 94.3 Å². The SMILES string of the molecule is O=Cc1cc([N+](=O)[O-])c(F)c(S(=O)(=O)Cl)c1. The molecule has 0 unspecified atom stereocenters. The highest BCUT2D eigenvalue weighted by molar-refractivity contribution is 8.13. The zero-order valence-electron chi connectivity index (χ0n) is 7.38. The molecular weight excluding hydrogens is 265 g/mol. The molecule has 0 saturated carbocycles.